The summed E-state index contributed by atoms with van der Waals surface area (Å²) in [5, 5.41) is 0. The molecule has 0 spiro atoms. The van der Waals surface area contributed by atoms with Gasteiger partial charge in [-0.2, -0.15) is 0 Å². The van der Waals surface area contributed by atoms with E-state index in [1.807, 2.05) is 0 Å². The molecule has 0 aliphatic carbocycles. The molecule has 0 saturated heterocycles. The fourth-order valence-corrected chi connectivity index (χ4v) is 1.62. The Balaban J connectivity index is 3.70. The van der Waals surface area contributed by atoms with Crippen LogP contribution in [0.15, 0.2) is 0 Å². The van der Waals surface area contributed by atoms with Gasteiger partial charge in [0.1, 0.15) is 0 Å². The van der Waals surface area contributed by atoms with Crippen molar-refractivity contribution in [2.24, 2.45) is 0 Å². The van der Waals surface area contributed by atoms with Crippen LogP contribution in [0.5, 0.6) is 0 Å². The van der Waals surface area contributed by atoms with Crippen molar-refractivity contribution in [3.63, 3.8) is 0 Å². The van der Waals surface area contributed by atoms with Crippen LogP contribution in [-0.4, -0.2) is 29.9 Å². The second-order valence-electron chi connectivity index (χ2n) is 2.44. The molecule has 0 rings (SSSR count). The Morgan fingerprint density at radius 1 is 1.20 bits per heavy atom. The van der Waals surface area contributed by atoms with Gasteiger partial charge in [0.05, 0.1) is 0 Å². The van der Waals surface area contributed by atoms with Gasteiger partial charge in [0.2, 0.25) is 0 Å². The van der Waals surface area contributed by atoms with Gasteiger partial charge >= 0.3 is 0 Å². The van der Waals surface area contributed by atoms with Gasteiger partial charge in [0.25, 0.3) is 0 Å². The first kappa shape index (κ1) is 10.2. The van der Waals surface area contributed by atoms with Gasteiger partial charge in [-0.05, 0) is 19.5 Å². The first-order valence-electron chi connectivity index (χ1n) is 4.10. The van der Waals surface area contributed by atoms with Crippen LogP contribution >= 0.6 is 11.6 Å². The zero-order chi connectivity index (χ0) is 7.98. The van der Waals surface area contributed by atoms with Gasteiger partial charge in [-0.1, -0.05) is 20.8 Å². The summed E-state index contributed by atoms with van der Waals surface area (Å²) in [6, 6.07) is 0.580. The highest BCUT2D eigenvalue weighted by Crippen LogP contribution is 2.04. The maximum absolute atomic E-state index is 5.78. The Kier molecular flexibility index (Phi) is 6.14. The number of rotatable bonds is 5. The summed E-state index contributed by atoms with van der Waals surface area (Å²) in [6.07, 6.45) is 1.16. The van der Waals surface area contributed by atoms with Crippen LogP contribution in [0.2, 0.25) is 0 Å². The molecule has 0 bridgehead atoms. The molecular weight excluding hydrogens is 146 g/mol. The molecule has 62 valence electrons. The lowest BCUT2D eigenvalue weighted by atomic mass is 10.2. The highest BCUT2D eigenvalue weighted by molar-refractivity contribution is 6.18. The van der Waals surface area contributed by atoms with E-state index >= 15 is 0 Å². The third-order valence-electron chi connectivity index (χ3n) is 1.98. The lowest BCUT2D eigenvalue weighted by molar-refractivity contribution is 0.229. The number of halogens is 1. The molecule has 0 saturated carbocycles. The molecular formula is C8H18ClN. The Bertz CT molecular complexity index is 57.7. The number of hydrogen-bond donors (Lipinski definition) is 0. The van der Waals surface area contributed by atoms with E-state index < -0.39 is 0 Å². The van der Waals surface area contributed by atoms with Crippen LogP contribution in [0.1, 0.15) is 27.2 Å². The van der Waals surface area contributed by atoms with Crippen molar-refractivity contribution in [1.29, 1.82) is 0 Å². The average Bonchev–Trinajstić information content (AvgIpc) is 2.00. The molecule has 0 amide bonds. The van der Waals surface area contributed by atoms with Gasteiger partial charge in [0.15, 0.2) is 0 Å². The normalized spacial score (nSPS) is 14.1. The first-order chi connectivity index (χ1) is 4.79. The smallest absolute Gasteiger partial charge is 0.0379 e. The number of alkyl halides is 1. The standard InChI is InChI=1S/C8H18ClN/c1-4-8(7-9)10(5-2)6-3/h8H,4-7H2,1-3H3. The van der Waals surface area contributed by atoms with E-state index in [9.17, 15) is 0 Å². The van der Waals surface area contributed by atoms with Crippen molar-refractivity contribution in [3.05, 3.63) is 0 Å². The van der Waals surface area contributed by atoms with Crippen LogP contribution < -0.4 is 0 Å². The fourth-order valence-electron chi connectivity index (χ4n) is 1.20. The van der Waals surface area contributed by atoms with E-state index in [1.165, 1.54) is 0 Å². The summed E-state index contributed by atoms with van der Waals surface area (Å²) in [5.74, 6) is 0.762. The molecule has 0 fully saturated rings. The Hall–Kier alpha value is 0.250. The van der Waals surface area contributed by atoms with Gasteiger partial charge in [0, 0.05) is 11.9 Å². The largest absolute Gasteiger partial charge is 0.300 e. The molecule has 0 aromatic heterocycles. The summed E-state index contributed by atoms with van der Waals surface area (Å²) in [7, 11) is 0. The van der Waals surface area contributed by atoms with Crippen LogP contribution in [0.4, 0.5) is 0 Å². The van der Waals surface area contributed by atoms with E-state index in [0.717, 1.165) is 25.4 Å². The van der Waals surface area contributed by atoms with E-state index in [2.05, 4.69) is 25.7 Å². The van der Waals surface area contributed by atoms with Crippen molar-refractivity contribution in [1.82, 2.24) is 4.90 Å². The molecule has 1 nitrogen and oxygen atoms in total. The minimum atomic E-state index is 0.580. The van der Waals surface area contributed by atoms with Gasteiger partial charge in [-0.15, -0.1) is 11.6 Å². The third kappa shape index (κ3) is 2.89. The maximum atomic E-state index is 5.78. The number of hydrogen-bond acceptors (Lipinski definition) is 1. The predicted molar refractivity (Wildman–Crippen MR) is 47.7 cm³/mol. The van der Waals surface area contributed by atoms with Crippen LogP contribution in [0, 0.1) is 0 Å². The third-order valence-corrected chi connectivity index (χ3v) is 2.33. The van der Waals surface area contributed by atoms with Crippen LogP contribution in [0.3, 0.4) is 0 Å². The van der Waals surface area contributed by atoms with Crippen molar-refractivity contribution >= 4 is 11.6 Å². The lowest BCUT2D eigenvalue weighted by Crippen LogP contribution is -2.35. The zero-order valence-electron chi connectivity index (χ0n) is 7.23. The van der Waals surface area contributed by atoms with Crippen molar-refractivity contribution in [2.75, 3.05) is 19.0 Å². The SMILES string of the molecule is CCC(CCl)N(CC)CC. The molecule has 0 aliphatic heterocycles. The molecule has 0 heterocycles. The topological polar surface area (TPSA) is 3.24 Å². The van der Waals surface area contributed by atoms with E-state index in [4.69, 9.17) is 11.6 Å². The summed E-state index contributed by atoms with van der Waals surface area (Å²) in [4.78, 5) is 2.40. The molecule has 0 aliphatic rings. The summed E-state index contributed by atoms with van der Waals surface area (Å²) < 4.78 is 0. The maximum Gasteiger partial charge on any atom is 0.0379 e. The molecule has 0 aromatic rings. The van der Waals surface area contributed by atoms with E-state index in [0.29, 0.717) is 6.04 Å². The van der Waals surface area contributed by atoms with Gasteiger partial charge < -0.3 is 0 Å². The van der Waals surface area contributed by atoms with Crippen LogP contribution in [0.25, 0.3) is 0 Å². The predicted octanol–water partition coefficient (Wildman–Crippen LogP) is 2.35. The van der Waals surface area contributed by atoms with Crippen molar-refractivity contribution in [2.45, 2.75) is 33.2 Å². The molecule has 1 atom stereocenters. The second kappa shape index (κ2) is 5.99. The van der Waals surface area contributed by atoms with E-state index in [-0.39, 0.29) is 0 Å². The monoisotopic (exact) mass is 163 g/mol. The van der Waals surface area contributed by atoms with Gasteiger partial charge in [-0.25, -0.2) is 0 Å². The zero-order valence-corrected chi connectivity index (χ0v) is 7.99. The van der Waals surface area contributed by atoms with Gasteiger partial charge in [-0.3, -0.25) is 4.90 Å². The van der Waals surface area contributed by atoms with E-state index in [1.54, 1.807) is 0 Å². The Labute approximate surface area is 69.4 Å². The molecule has 10 heavy (non-hydrogen) atoms. The highest BCUT2D eigenvalue weighted by Gasteiger charge is 2.10. The quantitative estimate of drug-likeness (QED) is 0.563. The Morgan fingerprint density at radius 3 is 1.80 bits per heavy atom. The number of nitrogens with zero attached hydrogens (tertiary/aromatic N) is 1. The molecule has 2 heteroatoms. The molecule has 1 unspecified atom stereocenters. The molecule has 0 aromatic carbocycles. The minimum absolute atomic E-state index is 0.580. The van der Waals surface area contributed by atoms with Crippen molar-refractivity contribution < 1.29 is 0 Å². The summed E-state index contributed by atoms with van der Waals surface area (Å²) in [5.41, 5.74) is 0. The minimum Gasteiger partial charge on any atom is -0.300 e. The Morgan fingerprint density at radius 2 is 1.70 bits per heavy atom. The highest BCUT2D eigenvalue weighted by atomic mass is 35.5. The first-order valence-corrected chi connectivity index (χ1v) is 4.63. The summed E-state index contributed by atoms with van der Waals surface area (Å²) >= 11 is 5.78. The molecule has 0 radical (unpaired) electrons. The summed E-state index contributed by atoms with van der Waals surface area (Å²) in [6.45, 7) is 8.77. The molecule has 0 N–H and O–H groups in total. The lowest BCUT2D eigenvalue weighted by Gasteiger charge is -2.26. The average molecular weight is 164 g/mol. The van der Waals surface area contributed by atoms with Crippen molar-refractivity contribution in [3.8, 4) is 0 Å². The second-order valence-corrected chi connectivity index (χ2v) is 2.75. The fraction of sp³-hybridized carbons (Fsp3) is 1.00. The van der Waals surface area contributed by atoms with Crippen LogP contribution in [-0.2, 0) is 0 Å².